The van der Waals surface area contributed by atoms with Gasteiger partial charge in [-0.3, -0.25) is 14.4 Å². The minimum atomic E-state index is -0.899. The molecule has 1 saturated heterocycles. The quantitative estimate of drug-likeness (QED) is 0.853. The van der Waals surface area contributed by atoms with Crippen molar-refractivity contribution in [2.75, 3.05) is 19.6 Å². The van der Waals surface area contributed by atoms with Gasteiger partial charge in [-0.05, 0) is 12.0 Å². The lowest BCUT2D eigenvalue weighted by Crippen LogP contribution is -2.39. The summed E-state index contributed by atoms with van der Waals surface area (Å²) < 4.78 is 0.904. The maximum Gasteiger partial charge on any atom is 0.308 e. The third-order valence-corrected chi connectivity index (χ3v) is 6.10. The first-order valence-electron chi connectivity index (χ1n) is 7.84. The van der Waals surface area contributed by atoms with Gasteiger partial charge in [0.25, 0.3) is 5.91 Å². The van der Waals surface area contributed by atoms with Gasteiger partial charge >= 0.3 is 5.97 Å². The molecule has 1 aromatic heterocycles. The molecule has 2 N–H and O–H groups in total. The summed E-state index contributed by atoms with van der Waals surface area (Å²) in [6.07, 6.45) is 0. The van der Waals surface area contributed by atoms with E-state index in [0.717, 1.165) is 10.1 Å². The topological polar surface area (TPSA) is 86.7 Å². The molecule has 1 aromatic carbocycles. The van der Waals surface area contributed by atoms with E-state index < -0.39 is 17.8 Å². The summed E-state index contributed by atoms with van der Waals surface area (Å²) in [6, 6.07) is 7.44. The summed E-state index contributed by atoms with van der Waals surface area (Å²) >= 11 is 7.53. The number of nitrogens with one attached hydrogen (secondary N) is 1. The molecule has 0 saturated carbocycles. The molecule has 6 nitrogen and oxygen atoms in total. The number of benzene rings is 1. The molecule has 132 valence electrons. The van der Waals surface area contributed by atoms with Crippen LogP contribution >= 0.6 is 22.9 Å². The fourth-order valence-electron chi connectivity index (χ4n) is 3.00. The van der Waals surface area contributed by atoms with E-state index in [-0.39, 0.29) is 24.9 Å². The Balaban J connectivity index is 1.63. The number of nitrogens with zero attached hydrogens (tertiary/aromatic N) is 1. The molecule has 1 aliphatic heterocycles. The molecule has 0 unspecified atom stereocenters. The highest BCUT2D eigenvalue weighted by atomic mass is 35.5. The average Bonchev–Trinajstić information content (AvgIpc) is 3.14. The van der Waals surface area contributed by atoms with Crippen LogP contribution in [0.1, 0.15) is 16.6 Å². The molecule has 0 spiro atoms. The number of carboxylic acids is 1. The molecule has 2 aromatic rings. The minimum Gasteiger partial charge on any atom is -0.481 e. The zero-order valence-electron chi connectivity index (χ0n) is 13.5. The SMILES string of the molecule is C[C@@H]1CN(C(=O)CNC(=O)c2sc3ccccc3c2Cl)C[C@H]1C(=O)O. The van der Waals surface area contributed by atoms with Gasteiger partial charge in [0.05, 0.1) is 17.5 Å². The third kappa shape index (κ3) is 3.48. The van der Waals surface area contributed by atoms with Crippen LogP contribution < -0.4 is 5.32 Å². The fraction of sp³-hybridized carbons (Fsp3) is 0.353. The molecule has 1 aliphatic rings. The summed E-state index contributed by atoms with van der Waals surface area (Å²) in [5, 5.41) is 12.9. The second-order valence-corrected chi connectivity index (χ2v) is 7.57. The van der Waals surface area contributed by atoms with Crippen molar-refractivity contribution in [1.82, 2.24) is 10.2 Å². The lowest BCUT2D eigenvalue weighted by molar-refractivity contribution is -0.142. The summed E-state index contributed by atoms with van der Waals surface area (Å²) in [4.78, 5) is 37.6. The number of amides is 2. The molecule has 2 heterocycles. The Morgan fingerprint density at radius 1 is 1.32 bits per heavy atom. The molecule has 0 aliphatic carbocycles. The molecule has 8 heteroatoms. The number of fused-ring (bicyclic) bond motifs is 1. The predicted molar refractivity (Wildman–Crippen MR) is 96.0 cm³/mol. The van der Waals surface area contributed by atoms with Crippen molar-refractivity contribution < 1.29 is 19.5 Å². The molecular weight excluding hydrogens is 364 g/mol. The first-order chi connectivity index (χ1) is 11.9. The number of aliphatic carboxylic acids is 1. The van der Waals surface area contributed by atoms with Crippen molar-refractivity contribution in [3.8, 4) is 0 Å². The van der Waals surface area contributed by atoms with Crippen LogP contribution in [0.4, 0.5) is 0 Å². The number of carbonyl (C=O) groups excluding carboxylic acids is 2. The second kappa shape index (κ2) is 7.01. The monoisotopic (exact) mass is 380 g/mol. The molecule has 0 bridgehead atoms. The minimum absolute atomic E-state index is 0.103. The molecular formula is C17H17ClN2O4S. The molecule has 2 amide bonds. The highest BCUT2D eigenvalue weighted by Crippen LogP contribution is 2.35. The number of hydrogen-bond acceptors (Lipinski definition) is 4. The van der Waals surface area contributed by atoms with Gasteiger partial charge in [0.1, 0.15) is 4.88 Å². The number of carbonyl (C=O) groups is 3. The van der Waals surface area contributed by atoms with Gasteiger partial charge in [0, 0.05) is 23.2 Å². The standard InChI is InChI=1S/C17H17ClN2O4S/c1-9-7-20(8-11(9)17(23)24)13(21)6-19-16(22)15-14(18)10-4-2-3-5-12(10)25-15/h2-5,9,11H,6-8H2,1H3,(H,19,22)(H,23,24)/t9-,11-/m1/s1. The number of rotatable bonds is 4. The van der Waals surface area contributed by atoms with Gasteiger partial charge in [-0.2, -0.15) is 0 Å². The van der Waals surface area contributed by atoms with E-state index in [0.29, 0.717) is 16.4 Å². The highest BCUT2D eigenvalue weighted by molar-refractivity contribution is 7.21. The predicted octanol–water partition coefficient (Wildman–Crippen LogP) is 2.46. The van der Waals surface area contributed by atoms with Gasteiger partial charge in [-0.1, -0.05) is 36.7 Å². The summed E-state index contributed by atoms with van der Waals surface area (Å²) in [7, 11) is 0. The van der Waals surface area contributed by atoms with E-state index >= 15 is 0 Å². The van der Waals surface area contributed by atoms with Crippen molar-refractivity contribution in [2.24, 2.45) is 11.8 Å². The van der Waals surface area contributed by atoms with E-state index in [2.05, 4.69) is 5.32 Å². The lowest BCUT2D eigenvalue weighted by atomic mass is 9.99. The van der Waals surface area contributed by atoms with Crippen molar-refractivity contribution >= 4 is 50.8 Å². The molecule has 25 heavy (non-hydrogen) atoms. The number of halogens is 1. The van der Waals surface area contributed by atoms with Crippen LogP contribution in [-0.4, -0.2) is 47.4 Å². The van der Waals surface area contributed by atoms with Crippen LogP contribution in [0.25, 0.3) is 10.1 Å². The van der Waals surface area contributed by atoms with Crippen molar-refractivity contribution in [2.45, 2.75) is 6.92 Å². The zero-order chi connectivity index (χ0) is 18.1. The Morgan fingerprint density at radius 2 is 2.04 bits per heavy atom. The maximum atomic E-state index is 12.3. The van der Waals surface area contributed by atoms with Crippen molar-refractivity contribution in [1.29, 1.82) is 0 Å². The Kier molecular flexibility index (Phi) is 4.96. The normalized spacial score (nSPS) is 20.0. The largest absolute Gasteiger partial charge is 0.481 e. The van der Waals surface area contributed by atoms with Crippen LogP contribution in [0.5, 0.6) is 0 Å². The van der Waals surface area contributed by atoms with Gasteiger partial charge < -0.3 is 15.3 Å². The van der Waals surface area contributed by atoms with Gasteiger partial charge in [0.15, 0.2) is 0 Å². The molecule has 2 atom stereocenters. The van der Waals surface area contributed by atoms with E-state index in [1.165, 1.54) is 16.2 Å². The van der Waals surface area contributed by atoms with E-state index in [1.807, 2.05) is 31.2 Å². The number of carboxylic acid groups (broad SMARTS) is 1. The smallest absolute Gasteiger partial charge is 0.308 e. The Labute approximate surface area is 153 Å². The van der Waals surface area contributed by atoms with E-state index in [1.54, 1.807) is 0 Å². The summed E-state index contributed by atoms with van der Waals surface area (Å²) in [5.41, 5.74) is 0. The molecule has 1 fully saturated rings. The van der Waals surface area contributed by atoms with E-state index in [4.69, 9.17) is 16.7 Å². The van der Waals surface area contributed by atoms with Crippen LogP contribution in [-0.2, 0) is 9.59 Å². The zero-order valence-corrected chi connectivity index (χ0v) is 15.1. The number of likely N-dealkylation sites (tertiary alicyclic amines) is 1. The van der Waals surface area contributed by atoms with Gasteiger partial charge in [-0.25, -0.2) is 0 Å². The summed E-state index contributed by atoms with van der Waals surface area (Å²) in [6.45, 7) is 2.19. The number of thiophene rings is 1. The van der Waals surface area contributed by atoms with Crippen LogP contribution in [0.2, 0.25) is 5.02 Å². The molecule has 0 radical (unpaired) electrons. The lowest BCUT2D eigenvalue weighted by Gasteiger charge is -2.16. The van der Waals surface area contributed by atoms with Crippen LogP contribution in [0.15, 0.2) is 24.3 Å². The Bertz CT molecular complexity index is 850. The Hall–Kier alpha value is -2.12. The van der Waals surface area contributed by atoms with Crippen LogP contribution in [0, 0.1) is 11.8 Å². The summed E-state index contributed by atoms with van der Waals surface area (Å²) in [5.74, 6) is -2.25. The van der Waals surface area contributed by atoms with Gasteiger partial charge in [0.2, 0.25) is 5.91 Å². The van der Waals surface area contributed by atoms with Gasteiger partial charge in [-0.15, -0.1) is 11.3 Å². The van der Waals surface area contributed by atoms with Crippen LogP contribution in [0.3, 0.4) is 0 Å². The van der Waals surface area contributed by atoms with Crippen molar-refractivity contribution in [3.63, 3.8) is 0 Å². The highest BCUT2D eigenvalue weighted by Gasteiger charge is 2.36. The number of hydrogen-bond donors (Lipinski definition) is 2. The first-order valence-corrected chi connectivity index (χ1v) is 9.03. The average molecular weight is 381 g/mol. The second-order valence-electron chi connectivity index (χ2n) is 6.14. The maximum absolute atomic E-state index is 12.3. The fourth-order valence-corrected chi connectivity index (χ4v) is 4.43. The Morgan fingerprint density at radius 3 is 2.68 bits per heavy atom. The first kappa shape index (κ1) is 17.7. The third-order valence-electron chi connectivity index (χ3n) is 4.42. The van der Waals surface area contributed by atoms with E-state index in [9.17, 15) is 14.4 Å². The molecule has 3 rings (SSSR count). The van der Waals surface area contributed by atoms with Crippen molar-refractivity contribution in [3.05, 3.63) is 34.2 Å².